The fourth-order valence-corrected chi connectivity index (χ4v) is 3.17. The van der Waals surface area contributed by atoms with Crippen LogP contribution in [0.2, 0.25) is 0 Å². The van der Waals surface area contributed by atoms with Gasteiger partial charge in [-0.2, -0.15) is 0 Å². The molecule has 0 bridgehead atoms. The van der Waals surface area contributed by atoms with Gasteiger partial charge in [-0.1, -0.05) is 18.9 Å². The number of nitrogens with one attached hydrogen (secondary N) is 1. The van der Waals surface area contributed by atoms with E-state index in [0.29, 0.717) is 12.1 Å². The summed E-state index contributed by atoms with van der Waals surface area (Å²) >= 11 is 0. The third kappa shape index (κ3) is 2.60. The number of rotatable bonds is 4. The number of fused-ring (bicyclic) bond motifs is 1. The smallest absolute Gasteiger partial charge is 0.161 e. The second-order valence-corrected chi connectivity index (χ2v) is 5.54. The van der Waals surface area contributed by atoms with E-state index in [1.165, 1.54) is 31.2 Å². The lowest BCUT2D eigenvalue weighted by atomic mass is 9.92. The summed E-state index contributed by atoms with van der Waals surface area (Å²) in [5.74, 6) is 2.67. The summed E-state index contributed by atoms with van der Waals surface area (Å²) < 4.78 is 10.6. The lowest BCUT2D eigenvalue weighted by molar-refractivity contribution is 0.354. The molecule has 1 N–H and O–H groups in total. The molecule has 1 aliphatic carbocycles. The van der Waals surface area contributed by atoms with Crippen LogP contribution in [0.3, 0.4) is 0 Å². The van der Waals surface area contributed by atoms with Crippen molar-refractivity contribution < 1.29 is 9.47 Å². The Kier molecular flexibility index (Phi) is 3.81. The molecule has 1 heterocycles. The van der Waals surface area contributed by atoms with Gasteiger partial charge in [0.05, 0.1) is 20.3 Å². The second kappa shape index (κ2) is 5.73. The summed E-state index contributed by atoms with van der Waals surface area (Å²) in [6, 6.07) is 7.13. The van der Waals surface area contributed by atoms with Crippen molar-refractivity contribution in [3.05, 3.63) is 23.8 Å². The van der Waals surface area contributed by atoms with E-state index in [1.54, 1.807) is 14.2 Å². The van der Waals surface area contributed by atoms with E-state index in [4.69, 9.17) is 14.5 Å². The van der Waals surface area contributed by atoms with Gasteiger partial charge < -0.3 is 14.8 Å². The highest BCUT2D eigenvalue weighted by atomic mass is 16.5. The van der Waals surface area contributed by atoms with Gasteiger partial charge in [-0.25, -0.2) is 0 Å². The van der Waals surface area contributed by atoms with E-state index in [0.717, 1.165) is 23.8 Å². The molecule has 0 spiro atoms. The van der Waals surface area contributed by atoms with E-state index < -0.39 is 0 Å². The van der Waals surface area contributed by atoms with Crippen LogP contribution in [0.1, 0.15) is 31.2 Å². The first kappa shape index (κ1) is 13.3. The van der Waals surface area contributed by atoms with Gasteiger partial charge in [0.2, 0.25) is 0 Å². The minimum Gasteiger partial charge on any atom is -0.493 e. The molecule has 1 aliphatic heterocycles. The lowest BCUT2D eigenvalue weighted by Crippen LogP contribution is -2.37. The zero-order valence-corrected chi connectivity index (χ0v) is 12.2. The molecule has 1 aromatic carbocycles. The monoisotopic (exact) mass is 274 g/mol. The summed E-state index contributed by atoms with van der Waals surface area (Å²) in [6.45, 7) is 0. The van der Waals surface area contributed by atoms with E-state index in [-0.39, 0.29) is 0 Å². The number of nitrogens with zero attached hydrogens (tertiary/aromatic N) is 1. The molecule has 4 nitrogen and oxygen atoms in total. The highest BCUT2D eigenvalue weighted by molar-refractivity contribution is 5.86. The van der Waals surface area contributed by atoms with Crippen LogP contribution in [0, 0.1) is 0 Å². The summed E-state index contributed by atoms with van der Waals surface area (Å²) in [7, 11) is 3.33. The molecular weight excluding hydrogens is 252 g/mol. The van der Waals surface area contributed by atoms with Crippen molar-refractivity contribution in [1.29, 1.82) is 0 Å². The highest BCUT2D eigenvalue weighted by Crippen LogP contribution is 2.29. The van der Waals surface area contributed by atoms with Crippen molar-refractivity contribution in [3.63, 3.8) is 0 Å². The molecule has 108 valence electrons. The van der Waals surface area contributed by atoms with Gasteiger partial charge in [-0.15, -0.1) is 0 Å². The van der Waals surface area contributed by atoms with Gasteiger partial charge in [0, 0.05) is 12.5 Å². The maximum Gasteiger partial charge on any atom is 0.161 e. The van der Waals surface area contributed by atoms with Crippen LogP contribution in [0.25, 0.3) is 0 Å². The standard InChI is InChI=1S/C16H22N2O2/c1-19-14-8-7-11(9-15(14)20-2)10-16-17-12-5-3-4-6-13(12)18-16/h7-9,12-13H,3-6,10H2,1-2H3,(H,17,18)/t12-,13-/m0/s1. The number of methoxy groups -OCH3 is 2. The molecule has 4 heteroatoms. The third-order valence-corrected chi connectivity index (χ3v) is 4.22. The van der Waals surface area contributed by atoms with Gasteiger partial charge in [-0.05, 0) is 30.5 Å². The third-order valence-electron chi connectivity index (χ3n) is 4.22. The van der Waals surface area contributed by atoms with Crippen molar-refractivity contribution in [2.24, 2.45) is 4.99 Å². The molecule has 2 atom stereocenters. The Labute approximate surface area is 120 Å². The maximum atomic E-state index is 5.35. The average Bonchev–Trinajstić information content (AvgIpc) is 2.89. The Hall–Kier alpha value is -1.71. The largest absolute Gasteiger partial charge is 0.493 e. The van der Waals surface area contributed by atoms with Crippen molar-refractivity contribution in [1.82, 2.24) is 5.32 Å². The van der Waals surface area contributed by atoms with Crippen LogP contribution in [-0.2, 0) is 6.42 Å². The summed E-state index contributed by atoms with van der Waals surface area (Å²) in [6.07, 6.45) is 5.97. The minimum atomic E-state index is 0.499. The number of amidine groups is 1. The zero-order valence-electron chi connectivity index (χ0n) is 12.2. The highest BCUT2D eigenvalue weighted by Gasteiger charge is 2.30. The van der Waals surface area contributed by atoms with Crippen LogP contribution in [0.15, 0.2) is 23.2 Å². The number of aliphatic imine (C=N–C) groups is 1. The van der Waals surface area contributed by atoms with E-state index in [1.807, 2.05) is 12.1 Å². The van der Waals surface area contributed by atoms with Crippen LogP contribution >= 0.6 is 0 Å². The molecule has 2 aliphatic rings. The molecule has 1 fully saturated rings. The Morgan fingerprint density at radius 2 is 1.95 bits per heavy atom. The fraction of sp³-hybridized carbons (Fsp3) is 0.562. The first-order valence-corrected chi connectivity index (χ1v) is 7.34. The molecular formula is C16H22N2O2. The summed E-state index contributed by atoms with van der Waals surface area (Å²) in [5.41, 5.74) is 1.20. The number of benzene rings is 1. The number of ether oxygens (including phenoxy) is 2. The molecule has 3 rings (SSSR count). The Morgan fingerprint density at radius 1 is 1.15 bits per heavy atom. The van der Waals surface area contributed by atoms with Crippen LogP contribution in [0.5, 0.6) is 11.5 Å². The Balaban J connectivity index is 1.72. The number of hydrogen-bond donors (Lipinski definition) is 1. The molecule has 1 aromatic rings. The van der Waals surface area contributed by atoms with Crippen molar-refractivity contribution in [2.75, 3.05) is 14.2 Å². The normalized spacial score (nSPS) is 24.6. The lowest BCUT2D eigenvalue weighted by Gasteiger charge is -2.23. The predicted octanol–water partition coefficient (Wildman–Crippen LogP) is 2.56. The van der Waals surface area contributed by atoms with E-state index in [2.05, 4.69) is 11.4 Å². The fourth-order valence-electron chi connectivity index (χ4n) is 3.17. The van der Waals surface area contributed by atoms with Crippen LogP contribution in [0.4, 0.5) is 0 Å². The average molecular weight is 274 g/mol. The Bertz CT molecular complexity index is 513. The molecule has 1 saturated carbocycles. The second-order valence-electron chi connectivity index (χ2n) is 5.54. The molecule has 0 amide bonds. The molecule has 0 unspecified atom stereocenters. The zero-order chi connectivity index (χ0) is 13.9. The summed E-state index contributed by atoms with van der Waals surface area (Å²) in [4.78, 5) is 4.84. The van der Waals surface area contributed by atoms with Crippen molar-refractivity contribution >= 4 is 5.84 Å². The SMILES string of the molecule is COc1ccc(CC2=N[C@H]3CCCC[C@@H]3N2)cc1OC. The molecule has 20 heavy (non-hydrogen) atoms. The Morgan fingerprint density at radius 3 is 2.70 bits per heavy atom. The van der Waals surface area contributed by atoms with Gasteiger partial charge >= 0.3 is 0 Å². The maximum absolute atomic E-state index is 5.35. The van der Waals surface area contributed by atoms with Crippen LogP contribution < -0.4 is 14.8 Å². The van der Waals surface area contributed by atoms with Crippen LogP contribution in [-0.4, -0.2) is 32.1 Å². The van der Waals surface area contributed by atoms with Gasteiger partial charge in [-0.3, -0.25) is 4.99 Å². The topological polar surface area (TPSA) is 42.8 Å². The van der Waals surface area contributed by atoms with E-state index >= 15 is 0 Å². The predicted molar refractivity (Wildman–Crippen MR) is 79.9 cm³/mol. The first-order valence-electron chi connectivity index (χ1n) is 7.34. The van der Waals surface area contributed by atoms with Crippen molar-refractivity contribution in [3.8, 4) is 11.5 Å². The molecule has 0 saturated heterocycles. The van der Waals surface area contributed by atoms with E-state index in [9.17, 15) is 0 Å². The summed E-state index contributed by atoms with van der Waals surface area (Å²) in [5, 5.41) is 3.59. The number of hydrogen-bond acceptors (Lipinski definition) is 4. The van der Waals surface area contributed by atoms with Crippen molar-refractivity contribution in [2.45, 2.75) is 44.2 Å². The van der Waals surface area contributed by atoms with Gasteiger partial charge in [0.1, 0.15) is 5.84 Å². The molecule has 0 radical (unpaired) electrons. The van der Waals surface area contributed by atoms with Gasteiger partial charge in [0.25, 0.3) is 0 Å². The molecule has 0 aromatic heterocycles. The van der Waals surface area contributed by atoms with Gasteiger partial charge in [0.15, 0.2) is 11.5 Å². The minimum absolute atomic E-state index is 0.499. The quantitative estimate of drug-likeness (QED) is 0.917. The first-order chi connectivity index (χ1) is 9.80.